The fraction of sp³-hybridized carbons (Fsp3) is 0.400. The van der Waals surface area contributed by atoms with Gasteiger partial charge in [-0.25, -0.2) is 0 Å². The van der Waals surface area contributed by atoms with Crippen molar-refractivity contribution in [2.75, 3.05) is 22.9 Å². The summed E-state index contributed by atoms with van der Waals surface area (Å²) in [5.74, 6) is 0. The average molecular weight is 858 g/mol. The summed E-state index contributed by atoms with van der Waals surface area (Å²) in [6.45, 7) is 30.2. The van der Waals surface area contributed by atoms with Crippen molar-refractivity contribution in [2.45, 2.75) is 120 Å². The Kier molecular flexibility index (Phi) is 15.0. The predicted octanol–water partition coefficient (Wildman–Crippen LogP) is 12.3. The van der Waals surface area contributed by atoms with E-state index in [4.69, 9.17) is 0 Å². The summed E-state index contributed by atoms with van der Waals surface area (Å²) in [5.41, 5.74) is 17.6. The molecule has 63 heavy (non-hydrogen) atoms. The maximum absolute atomic E-state index is 9.67. The molecule has 4 aromatic rings. The molecule has 0 atom stereocenters. The third-order valence-corrected chi connectivity index (χ3v) is 12.7. The topological polar surface area (TPSA) is 9.49 Å². The van der Waals surface area contributed by atoms with Crippen LogP contribution in [-0.2, 0) is 10.8 Å². The van der Waals surface area contributed by atoms with Gasteiger partial charge in [-0.1, -0.05) is 153 Å². The molecule has 0 spiro atoms. The Bertz CT molecular complexity index is 2230. The molecule has 7 rings (SSSR count). The Balaban J connectivity index is 0.00000144. The van der Waals surface area contributed by atoms with Crippen LogP contribution in [0.5, 0.6) is 0 Å². The summed E-state index contributed by atoms with van der Waals surface area (Å²) in [4.78, 5) is 5.24. The van der Waals surface area contributed by atoms with E-state index in [2.05, 4.69) is 219 Å². The fourth-order valence-corrected chi connectivity index (χ4v) is 9.20. The van der Waals surface area contributed by atoms with E-state index in [-0.39, 0.29) is 26.4 Å². The number of para-hydroxylation sites is 2. The van der Waals surface area contributed by atoms with Crippen LogP contribution < -0.4 is 19.1 Å². The molecular formula is C55H68BF4N3. The number of aryl methyl sites for hydroxylation is 2. The summed E-state index contributed by atoms with van der Waals surface area (Å²) >= 11 is 0. The summed E-state index contributed by atoms with van der Waals surface area (Å²) in [7, 11) is -3.67. The van der Waals surface area contributed by atoms with Crippen LogP contribution in [0.3, 0.4) is 0 Å². The van der Waals surface area contributed by atoms with E-state index < -0.39 is 7.54 Å². The Morgan fingerprint density at radius 2 is 0.921 bits per heavy atom. The number of hydrogen-bond donors (Lipinski definition) is 0. The highest BCUT2D eigenvalue weighted by atomic mass is 19.4. The number of allylic oxidation sites excluding steroid dienone is 8. The minimum absolute atomic E-state index is 0. The summed E-state index contributed by atoms with van der Waals surface area (Å²) in [6, 6.07) is 36.0. The minimum Gasteiger partial charge on any atom is -1.00 e. The Labute approximate surface area is 376 Å². The highest BCUT2D eigenvalue weighted by Crippen LogP contribution is 2.50. The first-order valence-corrected chi connectivity index (χ1v) is 22.4. The largest absolute Gasteiger partial charge is 1.00 e. The molecule has 3 nitrogen and oxygen atoms in total. The highest BCUT2D eigenvalue weighted by molar-refractivity contribution is 6.33. The molecule has 0 amide bonds. The lowest BCUT2D eigenvalue weighted by Crippen LogP contribution is -3.00. The van der Waals surface area contributed by atoms with Gasteiger partial charge in [-0.3, -0.25) is 12.9 Å². The van der Waals surface area contributed by atoms with Crippen LogP contribution in [0.4, 0.5) is 35.7 Å². The summed E-state index contributed by atoms with van der Waals surface area (Å²) in [6.07, 6.45) is 14.1. The molecule has 8 heteroatoms. The third kappa shape index (κ3) is 11.2. The first-order valence-electron chi connectivity index (χ1n) is 22.4. The highest BCUT2D eigenvalue weighted by Gasteiger charge is 2.42. The minimum atomic E-state index is -3.67. The van der Waals surface area contributed by atoms with Crippen LogP contribution in [0.1, 0.15) is 117 Å². The molecule has 0 N–H and O–H groups in total. The molecule has 2 aliphatic heterocycles. The van der Waals surface area contributed by atoms with Crippen molar-refractivity contribution in [1.82, 2.24) is 4.58 Å². The van der Waals surface area contributed by atoms with Crippen molar-refractivity contribution in [2.24, 2.45) is 10.8 Å². The monoisotopic (exact) mass is 858 g/mol. The van der Waals surface area contributed by atoms with Crippen molar-refractivity contribution < 1.29 is 17.7 Å². The fourth-order valence-electron chi connectivity index (χ4n) is 9.20. The van der Waals surface area contributed by atoms with Gasteiger partial charge in [0.1, 0.15) is 0 Å². The molecule has 334 valence electrons. The third-order valence-electron chi connectivity index (χ3n) is 12.7. The lowest BCUT2D eigenvalue weighted by molar-refractivity contribution is -0.0000171. The first-order chi connectivity index (χ1) is 29.1. The van der Waals surface area contributed by atoms with E-state index in [0.717, 1.165) is 38.8 Å². The van der Waals surface area contributed by atoms with Crippen molar-refractivity contribution in [1.29, 1.82) is 0 Å². The molecule has 0 saturated heterocycles. The van der Waals surface area contributed by atoms with Crippen molar-refractivity contribution in [3.63, 3.8) is 0 Å². The number of anilines is 2. The van der Waals surface area contributed by atoms with Gasteiger partial charge in [-0.2, -0.15) is 4.58 Å². The van der Waals surface area contributed by atoms with E-state index in [9.17, 15) is 12.9 Å². The lowest BCUT2D eigenvalue weighted by atomic mass is 9.83. The molecule has 3 aliphatic rings. The van der Waals surface area contributed by atoms with Gasteiger partial charge in [0.25, 0.3) is 0 Å². The van der Waals surface area contributed by atoms with Crippen molar-refractivity contribution >= 4 is 36.0 Å². The zero-order valence-corrected chi connectivity index (χ0v) is 39.7. The van der Waals surface area contributed by atoms with E-state index in [1.807, 2.05) is 0 Å². The van der Waals surface area contributed by atoms with Crippen LogP contribution in [0.25, 0.3) is 0 Å². The Hall–Kier alpha value is -5.11. The zero-order valence-electron chi connectivity index (χ0n) is 39.7. The van der Waals surface area contributed by atoms with Gasteiger partial charge in [-0.15, -0.1) is 0 Å². The van der Waals surface area contributed by atoms with Crippen LogP contribution in [0, 0.1) is 24.7 Å². The number of benzene rings is 4. The van der Waals surface area contributed by atoms with Crippen LogP contribution in [0.15, 0.2) is 144 Å². The van der Waals surface area contributed by atoms with Crippen LogP contribution in [-0.4, -0.2) is 26.3 Å². The molecule has 4 aromatic carbocycles. The quantitative estimate of drug-likeness (QED) is 0.0992. The van der Waals surface area contributed by atoms with Crippen LogP contribution in [0.2, 0.25) is 0 Å². The van der Waals surface area contributed by atoms with Gasteiger partial charge in [0.15, 0.2) is 0 Å². The van der Waals surface area contributed by atoms with E-state index in [0.29, 0.717) is 0 Å². The van der Waals surface area contributed by atoms with E-state index in [1.54, 1.807) is 0 Å². The first kappa shape index (κ1) is 48.9. The molecule has 2 heterocycles. The lowest BCUT2D eigenvalue weighted by Gasteiger charge is -2.30. The van der Waals surface area contributed by atoms with E-state index >= 15 is 0 Å². The van der Waals surface area contributed by atoms with Gasteiger partial charge in [0.2, 0.25) is 17.1 Å². The van der Waals surface area contributed by atoms with Gasteiger partial charge in [0, 0.05) is 82.1 Å². The summed E-state index contributed by atoms with van der Waals surface area (Å²) < 4.78 is 31.5. The zero-order chi connectivity index (χ0) is 45.2. The maximum Gasteiger partial charge on any atom is 0.762 e. The Morgan fingerprint density at radius 1 is 0.571 bits per heavy atom. The second-order valence-corrected chi connectivity index (χ2v) is 20.8. The number of fused-ring (bicyclic) bond motifs is 2. The maximum atomic E-state index is 9.67. The second-order valence-electron chi connectivity index (χ2n) is 20.8. The SMILES string of the molecule is Cc1ccc2c(c1)C(C)(C)C(=CC=C1CC/C(=C\C=C3\N(CCC(C)(C)C)c4ccc(C)cc4C3(C)C)C1=[N+](c1ccccc1)c1ccccc1)N2CCC(C)(C)C.FB(F)F.[F-]. The van der Waals surface area contributed by atoms with Gasteiger partial charge in [-0.05, 0) is 85.8 Å². The predicted molar refractivity (Wildman–Crippen MR) is 261 cm³/mol. The normalized spacial score (nSPS) is 19.0. The molecule has 1 fully saturated rings. The van der Waals surface area contributed by atoms with Crippen molar-refractivity contribution in [3.05, 3.63) is 166 Å². The van der Waals surface area contributed by atoms with Gasteiger partial charge in [0.05, 0.1) is 0 Å². The second kappa shape index (κ2) is 19.3. The average Bonchev–Trinajstić information content (AvgIpc) is 3.75. The number of nitrogens with zero attached hydrogens (tertiary/aromatic N) is 3. The van der Waals surface area contributed by atoms with Crippen molar-refractivity contribution in [3.8, 4) is 0 Å². The number of hydrogen-bond acceptors (Lipinski definition) is 2. The standard InChI is InChI=1S/C55H68N3.BF3.FH/c1-39-23-29-47-45(37-39)54(9,10)49(56(47)35-33-52(3,4)5)31-27-41-25-26-42(51(41)58(43-19-15-13-16-20-43)44-21-17-14-18-22-44)28-32-50-55(11,12)46-38-40(2)24-30-48(46)57(50)36-34-53(6,7)8;2-1(3)4;/h13-24,27-32,37-38H,25-26,33-36H2,1-12H3;;1H/q+1;;/p-1. The van der Waals surface area contributed by atoms with Gasteiger partial charge < -0.3 is 14.5 Å². The molecule has 1 aliphatic carbocycles. The number of rotatable bonds is 8. The molecule has 0 bridgehead atoms. The molecule has 1 saturated carbocycles. The van der Waals surface area contributed by atoms with Gasteiger partial charge >= 0.3 is 7.54 Å². The van der Waals surface area contributed by atoms with Crippen LogP contribution >= 0.6 is 0 Å². The molecule has 0 unspecified atom stereocenters. The molecule has 0 aromatic heterocycles. The number of halogens is 4. The molecular weight excluding hydrogens is 789 g/mol. The molecule has 0 radical (unpaired) electrons. The smallest absolute Gasteiger partial charge is 0.762 e. The van der Waals surface area contributed by atoms with E-state index in [1.165, 1.54) is 73.3 Å². The Morgan fingerprint density at radius 3 is 1.25 bits per heavy atom. The summed E-state index contributed by atoms with van der Waals surface area (Å²) in [5, 5.41) is 0.